The molecule has 0 aliphatic carbocycles. The number of nitro benzene ring substituents is 1. The lowest BCUT2D eigenvalue weighted by Gasteiger charge is -2.06. The normalized spacial score (nSPS) is 10.0. The number of phenolic OH excluding ortho intramolecular Hbond substituents is 1. The van der Waals surface area contributed by atoms with Gasteiger partial charge in [-0.25, -0.2) is 0 Å². The van der Waals surface area contributed by atoms with Gasteiger partial charge in [-0.15, -0.1) is 0 Å². The zero-order valence-corrected chi connectivity index (χ0v) is 9.65. The molecule has 15 heavy (non-hydrogen) atoms. The molecule has 0 aliphatic heterocycles. The van der Waals surface area contributed by atoms with Gasteiger partial charge in [-0.2, -0.15) is 0 Å². The summed E-state index contributed by atoms with van der Waals surface area (Å²) in [5.41, 5.74) is 0.415. The van der Waals surface area contributed by atoms with Crippen LogP contribution in [0.15, 0.2) is 12.1 Å². The van der Waals surface area contributed by atoms with Gasteiger partial charge in [0.15, 0.2) is 5.75 Å². The quantitative estimate of drug-likeness (QED) is 0.520. The molecular weight excluding hydrogens is 266 g/mol. The molecular formula is C9H10BrNO4. The molecule has 0 heterocycles. The first-order chi connectivity index (χ1) is 7.10. The standard InChI is InChI=1S/C9H10BrNO4/c1-15-8-5-6(2-3-10)4-7(9(8)12)11(13)14/h4-5,12H,2-3H2,1H3. The summed E-state index contributed by atoms with van der Waals surface area (Å²) < 4.78 is 4.85. The number of aromatic hydroxyl groups is 1. The number of nitro groups is 1. The molecule has 1 aromatic rings. The Kier molecular flexibility index (Phi) is 3.90. The van der Waals surface area contributed by atoms with E-state index in [2.05, 4.69) is 15.9 Å². The first-order valence-corrected chi connectivity index (χ1v) is 5.32. The number of hydrogen-bond donors (Lipinski definition) is 1. The molecule has 5 nitrogen and oxygen atoms in total. The van der Waals surface area contributed by atoms with Crippen molar-refractivity contribution in [2.75, 3.05) is 12.4 Å². The fourth-order valence-corrected chi connectivity index (χ4v) is 1.65. The second-order valence-corrected chi connectivity index (χ2v) is 3.65. The molecule has 0 spiro atoms. The molecule has 82 valence electrons. The van der Waals surface area contributed by atoms with Gasteiger partial charge >= 0.3 is 5.69 Å². The number of methoxy groups -OCH3 is 1. The average molecular weight is 276 g/mol. The Morgan fingerprint density at radius 1 is 1.60 bits per heavy atom. The molecule has 0 atom stereocenters. The molecule has 0 aliphatic rings. The topological polar surface area (TPSA) is 72.6 Å². The predicted octanol–water partition coefficient (Wildman–Crippen LogP) is 2.25. The van der Waals surface area contributed by atoms with E-state index in [4.69, 9.17) is 4.74 Å². The Hall–Kier alpha value is -1.30. The van der Waals surface area contributed by atoms with Gasteiger partial charge in [0.2, 0.25) is 5.75 Å². The van der Waals surface area contributed by atoms with Crippen molar-refractivity contribution in [3.8, 4) is 11.5 Å². The smallest absolute Gasteiger partial charge is 0.314 e. The van der Waals surface area contributed by atoms with E-state index in [1.807, 2.05) is 0 Å². The Bertz CT molecular complexity index is 381. The lowest BCUT2D eigenvalue weighted by molar-refractivity contribution is -0.386. The van der Waals surface area contributed by atoms with Crippen molar-refractivity contribution in [3.63, 3.8) is 0 Å². The molecule has 6 heteroatoms. The fraction of sp³-hybridized carbons (Fsp3) is 0.333. The Labute approximate surface area is 95.0 Å². The maximum absolute atomic E-state index is 10.6. The molecule has 1 aromatic carbocycles. The number of benzene rings is 1. The van der Waals surface area contributed by atoms with Gasteiger partial charge < -0.3 is 9.84 Å². The zero-order chi connectivity index (χ0) is 11.4. The van der Waals surface area contributed by atoms with E-state index < -0.39 is 10.7 Å². The van der Waals surface area contributed by atoms with E-state index in [1.54, 1.807) is 6.07 Å². The van der Waals surface area contributed by atoms with Gasteiger partial charge in [-0.05, 0) is 18.1 Å². The van der Waals surface area contributed by atoms with Gasteiger partial charge in [0.1, 0.15) is 0 Å². The monoisotopic (exact) mass is 275 g/mol. The van der Waals surface area contributed by atoms with Gasteiger partial charge in [0, 0.05) is 11.4 Å². The van der Waals surface area contributed by atoms with Crippen LogP contribution >= 0.6 is 15.9 Å². The fourth-order valence-electron chi connectivity index (χ4n) is 1.20. The summed E-state index contributed by atoms with van der Waals surface area (Å²) in [6.07, 6.45) is 0.636. The van der Waals surface area contributed by atoms with Crippen molar-refractivity contribution in [1.29, 1.82) is 0 Å². The number of phenols is 1. The molecule has 0 unspecified atom stereocenters. The highest BCUT2D eigenvalue weighted by Gasteiger charge is 2.19. The van der Waals surface area contributed by atoms with E-state index in [0.717, 1.165) is 5.56 Å². The first-order valence-electron chi connectivity index (χ1n) is 4.20. The number of rotatable bonds is 4. The van der Waals surface area contributed by atoms with Crippen molar-refractivity contribution in [1.82, 2.24) is 0 Å². The van der Waals surface area contributed by atoms with E-state index >= 15 is 0 Å². The van der Waals surface area contributed by atoms with Crippen LogP contribution in [0.1, 0.15) is 5.56 Å². The summed E-state index contributed by atoms with van der Waals surface area (Å²) >= 11 is 3.24. The summed E-state index contributed by atoms with van der Waals surface area (Å²) in [5.74, 6) is -0.305. The number of ether oxygens (including phenoxy) is 1. The van der Waals surface area contributed by atoms with Gasteiger partial charge in [0.25, 0.3) is 0 Å². The van der Waals surface area contributed by atoms with E-state index in [9.17, 15) is 15.2 Å². The summed E-state index contributed by atoms with van der Waals surface area (Å²) in [6, 6.07) is 2.93. The highest BCUT2D eigenvalue weighted by atomic mass is 79.9. The van der Waals surface area contributed by atoms with Crippen molar-refractivity contribution in [2.45, 2.75) is 6.42 Å². The lowest BCUT2D eigenvalue weighted by Crippen LogP contribution is -1.95. The maximum Gasteiger partial charge on any atom is 0.314 e. The van der Waals surface area contributed by atoms with Gasteiger partial charge in [0.05, 0.1) is 12.0 Å². The van der Waals surface area contributed by atoms with Crippen LogP contribution < -0.4 is 4.74 Å². The number of alkyl halides is 1. The van der Waals surface area contributed by atoms with Crippen molar-refractivity contribution in [2.24, 2.45) is 0 Å². The molecule has 0 amide bonds. The van der Waals surface area contributed by atoms with Crippen LogP contribution in [0.25, 0.3) is 0 Å². The number of aryl methyl sites for hydroxylation is 1. The second-order valence-electron chi connectivity index (χ2n) is 2.86. The van der Waals surface area contributed by atoms with Crippen LogP contribution in [-0.2, 0) is 6.42 Å². The minimum absolute atomic E-state index is 0.125. The minimum Gasteiger partial charge on any atom is -0.500 e. The third-order valence-corrected chi connectivity index (χ3v) is 2.31. The van der Waals surface area contributed by atoms with Crippen LogP contribution in [0.2, 0.25) is 0 Å². The molecule has 0 radical (unpaired) electrons. The third-order valence-electron chi connectivity index (χ3n) is 1.91. The van der Waals surface area contributed by atoms with Crippen molar-refractivity contribution in [3.05, 3.63) is 27.8 Å². The third kappa shape index (κ3) is 2.59. The molecule has 0 bridgehead atoms. The van der Waals surface area contributed by atoms with Crippen molar-refractivity contribution < 1.29 is 14.8 Å². The van der Waals surface area contributed by atoms with E-state index in [-0.39, 0.29) is 11.4 Å². The molecule has 0 aromatic heterocycles. The largest absolute Gasteiger partial charge is 0.500 e. The number of halogens is 1. The molecule has 0 fully saturated rings. The Morgan fingerprint density at radius 2 is 2.27 bits per heavy atom. The zero-order valence-electron chi connectivity index (χ0n) is 8.07. The molecule has 1 rings (SSSR count). The van der Waals surface area contributed by atoms with Crippen molar-refractivity contribution >= 4 is 21.6 Å². The van der Waals surface area contributed by atoms with Crippen LogP contribution in [0.4, 0.5) is 5.69 Å². The van der Waals surface area contributed by atoms with E-state index in [1.165, 1.54) is 13.2 Å². The molecule has 0 saturated heterocycles. The Balaban J connectivity index is 3.25. The van der Waals surface area contributed by atoms with Crippen LogP contribution in [-0.4, -0.2) is 22.5 Å². The number of nitrogens with zero attached hydrogens (tertiary/aromatic N) is 1. The predicted molar refractivity (Wildman–Crippen MR) is 58.8 cm³/mol. The van der Waals surface area contributed by atoms with Gasteiger partial charge in [-0.1, -0.05) is 15.9 Å². The summed E-state index contributed by atoms with van der Waals surface area (Å²) in [5, 5.41) is 20.8. The summed E-state index contributed by atoms with van der Waals surface area (Å²) in [4.78, 5) is 10.00. The first kappa shape index (κ1) is 11.8. The number of hydrogen-bond acceptors (Lipinski definition) is 4. The molecule has 0 saturated carbocycles. The highest BCUT2D eigenvalue weighted by Crippen LogP contribution is 2.36. The maximum atomic E-state index is 10.6. The lowest BCUT2D eigenvalue weighted by atomic mass is 10.1. The SMILES string of the molecule is COc1cc(CCBr)cc([N+](=O)[O-])c1O. The van der Waals surface area contributed by atoms with E-state index in [0.29, 0.717) is 11.8 Å². The van der Waals surface area contributed by atoms with Crippen LogP contribution in [0.3, 0.4) is 0 Å². The summed E-state index contributed by atoms with van der Waals surface area (Å²) in [7, 11) is 1.36. The average Bonchev–Trinajstić information content (AvgIpc) is 2.20. The van der Waals surface area contributed by atoms with Gasteiger partial charge in [-0.3, -0.25) is 10.1 Å². The van der Waals surface area contributed by atoms with Crippen LogP contribution in [0.5, 0.6) is 11.5 Å². The summed E-state index contributed by atoms with van der Waals surface area (Å²) in [6.45, 7) is 0. The highest BCUT2D eigenvalue weighted by molar-refractivity contribution is 9.09. The molecule has 1 N–H and O–H groups in total. The Morgan fingerprint density at radius 3 is 2.73 bits per heavy atom. The minimum atomic E-state index is -0.629. The van der Waals surface area contributed by atoms with Crippen LogP contribution in [0, 0.1) is 10.1 Å². The second kappa shape index (κ2) is 4.97.